The first kappa shape index (κ1) is 28.5. The molecule has 2 bridgehead atoms. The molecular weight excluding hydrogens is 620 g/mol. The van der Waals surface area contributed by atoms with E-state index in [9.17, 15) is 29.3 Å². The number of morpholine rings is 1. The number of nitro benzene ring substituents is 1. The van der Waals surface area contributed by atoms with Crippen LogP contribution in [0.1, 0.15) is 22.8 Å². The number of anilines is 1. The number of para-hydroxylation sites is 1. The fourth-order valence-electron chi connectivity index (χ4n) is 8.26. The van der Waals surface area contributed by atoms with E-state index < -0.39 is 16.8 Å². The molecule has 3 amide bonds. The van der Waals surface area contributed by atoms with Crippen molar-refractivity contribution in [3.63, 3.8) is 0 Å². The van der Waals surface area contributed by atoms with E-state index in [2.05, 4.69) is 4.98 Å². The van der Waals surface area contributed by atoms with Gasteiger partial charge in [-0.3, -0.25) is 34.2 Å². The number of fused-ring (bicyclic) bond motifs is 9. The average molecular weight is 649 g/mol. The monoisotopic (exact) mass is 648 g/mol. The van der Waals surface area contributed by atoms with Gasteiger partial charge in [-0.15, -0.1) is 11.8 Å². The summed E-state index contributed by atoms with van der Waals surface area (Å²) in [5.41, 5.74) is 1.08. The minimum Gasteiger partial charge on any atom is -0.483 e. The fourth-order valence-corrected chi connectivity index (χ4v) is 11.1. The predicted octanol–water partition coefficient (Wildman–Crippen LogP) is 3.26. The van der Waals surface area contributed by atoms with E-state index in [0.717, 1.165) is 33.2 Å². The van der Waals surface area contributed by atoms with Gasteiger partial charge in [-0.25, -0.2) is 0 Å². The summed E-state index contributed by atoms with van der Waals surface area (Å²) in [7, 11) is 0. The SMILES string of the molecule is O=C(COc1ccccc1[C@H]1c2sc(=O)[nH]c2SC2C1[C@H]1C[C@@H]2C2C(=O)N(c3ccc([N+](=O)[O-])cc3)C(=O)C21)N1CCOCC1. The van der Waals surface area contributed by atoms with Crippen molar-refractivity contribution >= 4 is 52.2 Å². The van der Waals surface area contributed by atoms with E-state index in [1.54, 1.807) is 16.7 Å². The molecular formula is C31H28N4O8S2. The molecule has 3 aromatic rings. The number of ether oxygens (including phenoxy) is 2. The predicted molar refractivity (Wildman–Crippen MR) is 163 cm³/mol. The van der Waals surface area contributed by atoms with Crippen molar-refractivity contribution < 1.29 is 28.8 Å². The maximum atomic E-state index is 14.0. The lowest BCUT2D eigenvalue weighted by Crippen LogP contribution is -2.43. The Kier molecular flexibility index (Phi) is 6.84. The molecule has 12 nitrogen and oxygen atoms in total. The fraction of sp³-hybridized carbons (Fsp3) is 0.419. The maximum absolute atomic E-state index is 14.0. The van der Waals surface area contributed by atoms with Crippen molar-refractivity contribution in [2.45, 2.75) is 22.6 Å². The van der Waals surface area contributed by atoms with E-state index in [0.29, 0.717) is 37.7 Å². The van der Waals surface area contributed by atoms with Crippen LogP contribution < -0.4 is 14.5 Å². The zero-order valence-corrected chi connectivity index (χ0v) is 25.5. The zero-order valence-electron chi connectivity index (χ0n) is 23.8. The number of H-pyrrole nitrogens is 1. The quantitative estimate of drug-likeness (QED) is 0.241. The molecule has 14 heteroatoms. The number of nitrogens with zero attached hydrogens (tertiary/aromatic N) is 3. The summed E-state index contributed by atoms with van der Waals surface area (Å²) in [5, 5.41) is 11.9. The van der Waals surface area contributed by atoms with Gasteiger partial charge in [-0.2, -0.15) is 0 Å². The molecule has 2 aromatic carbocycles. The van der Waals surface area contributed by atoms with E-state index in [-0.39, 0.29) is 63.8 Å². The molecule has 0 spiro atoms. The Hall–Kier alpha value is -4.01. The Labute approximate surface area is 264 Å². The molecule has 4 unspecified atom stereocenters. The Bertz CT molecular complexity index is 1780. The minimum absolute atomic E-state index is 0.0180. The average Bonchev–Trinajstić information content (AvgIpc) is 3.79. The highest BCUT2D eigenvalue weighted by atomic mass is 32.2. The third-order valence-corrected chi connectivity index (χ3v) is 12.6. The largest absolute Gasteiger partial charge is 0.483 e. The number of amides is 3. The lowest BCUT2D eigenvalue weighted by Gasteiger charge is -2.43. The summed E-state index contributed by atoms with van der Waals surface area (Å²) in [6.07, 6.45) is 0.720. The molecule has 3 aliphatic heterocycles. The van der Waals surface area contributed by atoms with Gasteiger partial charge >= 0.3 is 4.87 Å². The number of hydrogen-bond acceptors (Lipinski definition) is 10. The molecule has 7 atom stereocenters. The molecule has 232 valence electrons. The Balaban J connectivity index is 1.13. The number of nitro groups is 1. The molecule has 2 saturated heterocycles. The molecule has 8 rings (SSSR count). The smallest absolute Gasteiger partial charge is 0.305 e. The molecule has 5 aliphatic rings. The van der Waals surface area contributed by atoms with Gasteiger partial charge in [0, 0.05) is 46.8 Å². The van der Waals surface area contributed by atoms with E-state index in [1.165, 1.54) is 29.2 Å². The molecule has 2 saturated carbocycles. The standard InChI is InChI=1S/C31H28N4O8S2/c36-21(33-9-11-42-12-10-33)14-43-20-4-2-1-3-17(20)22-23-18-13-19(26(23)44-28-27(22)45-31(39)32-28)25-24(18)29(37)34(30(25)38)15-5-7-16(8-6-15)35(40)41/h1-8,18-19,22-26H,9-14H2,(H,32,39)/t18-,19-,22-,23?,24?,25?,26?/m1/s1. The van der Waals surface area contributed by atoms with Crippen LogP contribution in [0.3, 0.4) is 0 Å². The van der Waals surface area contributed by atoms with Crippen LogP contribution in [0.15, 0.2) is 58.4 Å². The van der Waals surface area contributed by atoms with Crippen molar-refractivity contribution in [1.82, 2.24) is 9.88 Å². The second-order valence-electron chi connectivity index (χ2n) is 12.1. The van der Waals surface area contributed by atoms with Gasteiger partial charge in [-0.05, 0) is 42.4 Å². The third kappa shape index (κ3) is 4.44. The molecule has 0 radical (unpaired) electrons. The molecule has 2 aliphatic carbocycles. The highest BCUT2D eigenvalue weighted by molar-refractivity contribution is 8.00. The number of non-ortho nitro benzene ring substituents is 1. The second kappa shape index (κ2) is 10.8. The highest BCUT2D eigenvalue weighted by Crippen LogP contribution is 2.69. The van der Waals surface area contributed by atoms with Crippen LogP contribution in [0.5, 0.6) is 5.75 Å². The third-order valence-electron chi connectivity index (χ3n) is 10.0. The van der Waals surface area contributed by atoms with E-state index in [1.807, 2.05) is 24.3 Å². The normalized spacial score (nSPS) is 29.8. The first-order chi connectivity index (χ1) is 21.8. The number of benzene rings is 2. The van der Waals surface area contributed by atoms with Crippen LogP contribution >= 0.6 is 23.1 Å². The summed E-state index contributed by atoms with van der Waals surface area (Å²) in [6.45, 7) is 1.89. The van der Waals surface area contributed by atoms with Crippen molar-refractivity contribution in [3.05, 3.63) is 78.8 Å². The van der Waals surface area contributed by atoms with Crippen LogP contribution in [-0.4, -0.2) is 70.7 Å². The minimum atomic E-state index is -0.518. The van der Waals surface area contributed by atoms with Crippen molar-refractivity contribution in [1.29, 1.82) is 0 Å². The first-order valence-corrected chi connectivity index (χ1v) is 16.6. The van der Waals surface area contributed by atoms with Gasteiger partial charge in [0.2, 0.25) is 11.8 Å². The Morgan fingerprint density at radius 3 is 2.47 bits per heavy atom. The van der Waals surface area contributed by atoms with Gasteiger partial charge in [0.15, 0.2) is 6.61 Å². The van der Waals surface area contributed by atoms with Crippen LogP contribution in [-0.2, 0) is 19.1 Å². The summed E-state index contributed by atoms with van der Waals surface area (Å²) in [5.74, 6) is -1.62. The maximum Gasteiger partial charge on any atom is 0.305 e. The number of carbonyl (C=O) groups is 3. The molecule has 4 heterocycles. The number of aromatic amines is 1. The summed E-state index contributed by atoms with van der Waals surface area (Å²) in [4.78, 5) is 70.8. The van der Waals surface area contributed by atoms with Crippen LogP contribution in [0, 0.1) is 39.7 Å². The number of thioether (sulfide) groups is 1. The highest BCUT2D eigenvalue weighted by Gasteiger charge is 2.69. The van der Waals surface area contributed by atoms with Gasteiger partial charge in [0.1, 0.15) is 5.75 Å². The van der Waals surface area contributed by atoms with E-state index in [4.69, 9.17) is 9.47 Å². The number of aromatic nitrogens is 1. The lowest BCUT2D eigenvalue weighted by molar-refractivity contribution is -0.384. The molecule has 45 heavy (non-hydrogen) atoms. The number of imide groups is 1. The van der Waals surface area contributed by atoms with Crippen LogP contribution in [0.2, 0.25) is 0 Å². The molecule has 1 N–H and O–H groups in total. The topological polar surface area (TPSA) is 152 Å². The Morgan fingerprint density at radius 1 is 1.02 bits per heavy atom. The van der Waals surface area contributed by atoms with Crippen molar-refractivity contribution in [2.75, 3.05) is 37.8 Å². The van der Waals surface area contributed by atoms with Crippen LogP contribution in [0.4, 0.5) is 11.4 Å². The van der Waals surface area contributed by atoms with E-state index >= 15 is 0 Å². The first-order valence-electron chi connectivity index (χ1n) is 14.9. The molecule has 4 fully saturated rings. The number of thiazole rings is 1. The Morgan fingerprint density at radius 2 is 1.73 bits per heavy atom. The van der Waals surface area contributed by atoms with Gasteiger partial charge in [-0.1, -0.05) is 29.5 Å². The summed E-state index contributed by atoms with van der Waals surface area (Å²) >= 11 is 2.75. The zero-order chi connectivity index (χ0) is 31.0. The lowest BCUT2D eigenvalue weighted by atomic mass is 9.68. The van der Waals surface area contributed by atoms with Gasteiger partial charge in [0.25, 0.3) is 11.6 Å². The number of carbonyl (C=O) groups excluding carboxylic acids is 3. The number of hydrogen-bond donors (Lipinski definition) is 1. The number of rotatable bonds is 6. The van der Waals surface area contributed by atoms with Crippen molar-refractivity contribution in [3.8, 4) is 5.75 Å². The van der Waals surface area contributed by atoms with Crippen molar-refractivity contribution in [2.24, 2.45) is 29.6 Å². The van der Waals surface area contributed by atoms with Gasteiger partial charge in [0.05, 0.1) is 40.7 Å². The van der Waals surface area contributed by atoms with Crippen LogP contribution in [0.25, 0.3) is 0 Å². The number of nitrogens with one attached hydrogen (secondary N) is 1. The summed E-state index contributed by atoms with van der Waals surface area (Å²) in [6, 6.07) is 13.1. The molecule has 1 aromatic heterocycles. The van der Waals surface area contributed by atoms with Gasteiger partial charge < -0.3 is 19.4 Å². The second-order valence-corrected chi connectivity index (χ2v) is 14.3. The summed E-state index contributed by atoms with van der Waals surface area (Å²) < 4.78 is 11.5.